The number of carbonyl (C=O) groups excluding carboxylic acids is 1. The first-order valence-electron chi connectivity index (χ1n) is 4.74. The maximum Gasteiger partial charge on any atom is 0.425 e. The van der Waals surface area contributed by atoms with Crippen LogP contribution >= 0.6 is 0 Å². The molecule has 0 bridgehead atoms. The lowest BCUT2D eigenvalue weighted by Gasteiger charge is -2.18. The topological polar surface area (TPSA) is 89.7 Å². The van der Waals surface area contributed by atoms with Crippen LogP contribution in [0, 0.1) is 11.6 Å². The molecular weight excluding hydrogens is 270 g/mol. The lowest BCUT2D eigenvalue weighted by Crippen LogP contribution is -2.39. The molecule has 18 heavy (non-hydrogen) atoms. The van der Waals surface area contributed by atoms with Gasteiger partial charge >= 0.3 is 16.3 Å². The minimum absolute atomic E-state index is 0.184. The van der Waals surface area contributed by atoms with Gasteiger partial charge in [-0.1, -0.05) is 6.07 Å². The third-order valence-electron chi connectivity index (χ3n) is 2.42. The number of nitrogens with two attached hydrogens (primary N) is 1. The van der Waals surface area contributed by atoms with Crippen LogP contribution in [-0.4, -0.2) is 25.4 Å². The van der Waals surface area contributed by atoms with Gasteiger partial charge in [-0.15, -0.1) is 0 Å². The van der Waals surface area contributed by atoms with E-state index in [9.17, 15) is 22.0 Å². The summed E-state index contributed by atoms with van der Waals surface area (Å²) in [5.41, 5.74) is -0.184. The Bertz CT molecular complexity index is 605. The Hall–Kier alpha value is -1.74. The van der Waals surface area contributed by atoms with Gasteiger partial charge in [0.05, 0.1) is 0 Å². The molecule has 1 aromatic rings. The summed E-state index contributed by atoms with van der Waals surface area (Å²) in [6.45, 7) is -0.377. The molecule has 1 heterocycles. The Morgan fingerprint density at radius 2 is 2.06 bits per heavy atom. The van der Waals surface area contributed by atoms with Crippen LogP contribution in [0.25, 0.3) is 0 Å². The molecule has 1 aliphatic rings. The number of amides is 1. The number of nitrogens with zero attached hydrogens (tertiary/aromatic N) is 1. The van der Waals surface area contributed by atoms with Crippen molar-refractivity contribution in [3.8, 4) is 0 Å². The predicted octanol–water partition coefficient (Wildman–Crippen LogP) is 0.662. The van der Waals surface area contributed by atoms with Crippen molar-refractivity contribution < 1.29 is 26.7 Å². The van der Waals surface area contributed by atoms with Crippen molar-refractivity contribution in [1.82, 2.24) is 4.31 Å². The number of hydrogen-bond donors (Lipinski definition) is 1. The Morgan fingerprint density at radius 3 is 2.61 bits per heavy atom. The molecule has 0 saturated carbocycles. The molecule has 2 rings (SSSR count). The predicted molar refractivity (Wildman–Crippen MR) is 55.4 cm³/mol. The Kier molecular flexibility index (Phi) is 2.95. The fraction of sp³-hybridized carbons (Fsp3) is 0.222. The number of halogens is 2. The van der Waals surface area contributed by atoms with Crippen molar-refractivity contribution in [2.75, 3.05) is 6.61 Å². The van der Waals surface area contributed by atoms with Crippen LogP contribution in [0.4, 0.5) is 13.6 Å². The van der Waals surface area contributed by atoms with Gasteiger partial charge < -0.3 is 4.74 Å². The van der Waals surface area contributed by atoms with Crippen LogP contribution in [0.5, 0.6) is 0 Å². The molecule has 2 N–H and O–H groups in total. The lowest BCUT2D eigenvalue weighted by atomic mass is 10.1. The van der Waals surface area contributed by atoms with Crippen LogP contribution in [0.1, 0.15) is 11.6 Å². The minimum atomic E-state index is -4.38. The first-order chi connectivity index (χ1) is 8.30. The number of rotatable bonds is 2. The molecule has 1 aromatic carbocycles. The molecule has 1 unspecified atom stereocenters. The normalized spacial score (nSPS) is 20.1. The molecular formula is C9H8F2N2O4S. The van der Waals surface area contributed by atoms with E-state index in [2.05, 4.69) is 4.74 Å². The molecule has 0 aliphatic carbocycles. The van der Waals surface area contributed by atoms with E-state index in [1.165, 1.54) is 0 Å². The third-order valence-corrected chi connectivity index (χ3v) is 3.38. The second-order valence-corrected chi connectivity index (χ2v) is 5.02. The summed E-state index contributed by atoms with van der Waals surface area (Å²) in [6, 6.07) is 1.34. The van der Waals surface area contributed by atoms with E-state index < -0.39 is 34.0 Å². The molecule has 1 aliphatic heterocycles. The third kappa shape index (κ3) is 2.14. The zero-order valence-corrected chi connectivity index (χ0v) is 9.65. The first-order valence-corrected chi connectivity index (χ1v) is 6.25. The number of benzene rings is 1. The first kappa shape index (κ1) is 12.7. The summed E-state index contributed by atoms with van der Waals surface area (Å²) >= 11 is 0. The van der Waals surface area contributed by atoms with Gasteiger partial charge in [-0.2, -0.15) is 12.7 Å². The van der Waals surface area contributed by atoms with Crippen LogP contribution in [-0.2, 0) is 14.9 Å². The summed E-state index contributed by atoms with van der Waals surface area (Å²) in [4.78, 5) is 11.2. The zero-order chi connectivity index (χ0) is 13.5. The second kappa shape index (κ2) is 4.18. The molecule has 1 amide bonds. The van der Waals surface area contributed by atoms with Crippen molar-refractivity contribution in [2.45, 2.75) is 6.04 Å². The minimum Gasteiger partial charge on any atom is -0.446 e. The SMILES string of the molecule is NS(=O)(=O)N1C(=O)OCC1c1ccc(F)cc1F. The van der Waals surface area contributed by atoms with Crippen LogP contribution in [0.2, 0.25) is 0 Å². The van der Waals surface area contributed by atoms with Gasteiger partial charge in [0.1, 0.15) is 24.3 Å². The average Bonchev–Trinajstić information content (AvgIpc) is 2.59. The fourth-order valence-corrected chi connectivity index (χ4v) is 2.47. The highest BCUT2D eigenvalue weighted by molar-refractivity contribution is 7.87. The number of ether oxygens (including phenoxy) is 1. The standard InChI is InChI=1S/C9H8F2N2O4S/c10-5-1-2-6(7(11)3-5)8-4-17-9(14)13(8)18(12,15)16/h1-3,8H,4H2,(H2,12,15,16). The second-order valence-electron chi connectivity index (χ2n) is 3.60. The van der Waals surface area contributed by atoms with Gasteiger partial charge in [0, 0.05) is 11.6 Å². The maximum absolute atomic E-state index is 13.5. The highest BCUT2D eigenvalue weighted by Crippen LogP contribution is 2.31. The average molecular weight is 278 g/mol. The van der Waals surface area contributed by atoms with Gasteiger partial charge in [0.2, 0.25) is 0 Å². The van der Waals surface area contributed by atoms with Gasteiger partial charge in [-0.05, 0) is 6.07 Å². The Morgan fingerprint density at radius 1 is 1.39 bits per heavy atom. The van der Waals surface area contributed by atoms with E-state index in [0.717, 1.165) is 12.1 Å². The monoisotopic (exact) mass is 278 g/mol. The summed E-state index contributed by atoms with van der Waals surface area (Å²) in [5, 5.41) is 4.84. The maximum atomic E-state index is 13.5. The molecule has 98 valence electrons. The van der Waals surface area contributed by atoms with Gasteiger partial charge in [-0.25, -0.2) is 18.7 Å². The summed E-state index contributed by atoms with van der Waals surface area (Å²) in [7, 11) is -4.38. The smallest absolute Gasteiger partial charge is 0.425 e. The molecule has 6 nitrogen and oxygen atoms in total. The van der Waals surface area contributed by atoms with Crippen molar-refractivity contribution in [2.24, 2.45) is 5.14 Å². The number of carbonyl (C=O) groups is 1. The van der Waals surface area contributed by atoms with Gasteiger partial charge in [0.25, 0.3) is 0 Å². The number of cyclic esters (lactones) is 1. The van der Waals surface area contributed by atoms with E-state index in [-0.39, 0.29) is 16.5 Å². The molecule has 0 aromatic heterocycles. The number of hydrogen-bond acceptors (Lipinski definition) is 4. The van der Waals surface area contributed by atoms with Crippen molar-refractivity contribution in [3.63, 3.8) is 0 Å². The summed E-state index contributed by atoms with van der Waals surface area (Å²) in [6.07, 6.45) is -1.19. The largest absolute Gasteiger partial charge is 0.446 e. The van der Waals surface area contributed by atoms with Crippen LogP contribution in [0.3, 0.4) is 0 Å². The Labute approximate surface area is 101 Å². The van der Waals surface area contributed by atoms with E-state index in [1.807, 2.05) is 0 Å². The summed E-state index contributed by atoms with van der Waals surface area (Å²) in [5.74, 6) is -1.80. The fourth-order valence-electron chi connectivity index (χ4n) is 1.68. The zero-order valence-electron chi connectivity index (χ0n) is 8.84. The molecule has 0 radical (unpaired) electrons. The van der Waals surface area contributed by atoms with E-state index >= 15 is 0 Å². The molecule has 1 atom stereocenters. The highest BCUT2D eigenvalue weighted by Gasteiger charge is 2.42. The van der Waals surface area contributed by atoms with Crippen LogP contribution in [0.15, 0.2) is 18.2 Å². The van der Waals surface area contributed by atoms with Gasteiger partial charge in [0.15, 0.2) is 0 Å². The van der Waals surface area contributed by atoms with E-state index in [4.69, 9.17) is 5.14 Å². The Balaban J connectivity index is 2.47. The highest BCUT2D eigenvalue weighted by atomic mass is 32.2. The van der Waals surface area contributed by atoms with E-state index in [1.54, 1.807) is 0 Å². The molecule has 1 fully saturated rings. The van der Waals surface area contributed by atoms with Crippen molar-refractivity contribution in [3.05, 3.63) is 35.4 Å². The van der Waals surface area contributed by atoms with Crippen molar-refractivity contribution >= 4 is 16.3 Å². The molecule has 9 heteroatoms. The van der Waals surface area contributed by atoms with E-state index in [0.29, 0.717) is 6.07 Å². The van der Waals surface area contributed by atoms with Gasteiger partial charge in [-0.3, -0.25) is 0 Å². The molecule has 0 spiro atoms. The lowest BCUT2D eigenvalue weighted by molar-refractivity contribution is 0.170. The quantitative estimate of drug-likeness (QED) is 0.860. The molecule has 1 saturated heterocycles. The van der Waals surface area contributed by atoms with Crippen molar-refractivity contribution in [1.29, 1.82) is 0 Å². The summed E-state index contributed by atoms with van der Waals surface area (Å²) < 4.78 is 53.4. The van der Waals surface area contributed by atoms with Crippen LogP contribution < -0.4 is 5.14 Å².